The molecule has 0 aliphatic carbocycles. The Labute approximate surface area is 149 Å². The van der Waals surface area contributed by atoms with Crippen molar-refractivity contribution in [2.24, 2.45) is 0 Å². The molecule has 2 amide bonds. The van der Waals surface area contributed by atoms with E-state index in [-0.39, 0.29) is 0 Å². The van der Waals surface area contributed by atoms with Gasteiger partial charge in [0.05, 0.1) is 10.9 Å². The molecule has 132 valence electrons. The average molecular weight is 379 g/mol. The fraction of sp³-hybridized carbons (Fsp3) is 0.125. The standard InChI is InChI=1S/C16H17N3O4S2/c1-12(15(20)17-18-16(21)14-8-5-10-24-14)19-25(22,23)11-9-13-6-3-2-4-7-13/h2-12,19H,1H3,(H,17,20)(H,18,21)/b11-9+. The van der Waals surface area contributed by atoms with Crippen molar-refractivity contribution in [1.82, 2.24) is 15.6 Å². The van der Waals surface area contributed by atoms with Crippen LogP contribution in [-0.4, -0.2) is 26.3 Å². The Kier molecular flexibility index (Phi) is 6.45. The van der Waals surface area contributed by atoms with E-state index < -0.39 is 27.9 Å². The van der Waals surface area contributed by atoms with Crippen LogP contribution in [0.2, 0.25) is 0 Å². The second-order valence-corrected chi connectivity index (χ2v) is 7.56. The lowest BCUT2D eigenvalue weighted by molar-refractivity contribution is -0.123. The Morgan fingerprint density at radius 3 is 2.44 bits per heavy atom. The maximum Gasteiger partial charge on any atom is 0.279 e. The first kappa shape index (κ1) is 18.8. The molecule has 1 atom stereocenters. The molecule has 1 aromatic heterocycles. The maximum absolute atomic E-state index is 12.0. The van der Waals surface area contributed by atoms with Gasteiger partial charge in [0.1, 0.15) is 0 Å². The van der Waals surface area contributed by atoms with Crippen molar-refractivity contribution >= 4 is 39.3 Å². The summed E-state index contributed by atoms with van der Waals surface area (Å²) in [7, 11) is -3.81. The highest BCUT2D eigenvalue weighted by molar-refractivity contribution is 7.92. The normalized spacial score (nSPS) is 12.7. The van der Waals surface area contributed by atoms with Crippen LogP contribution in [0.15, 0.2) is 53.3 Å². The summed E-state index contributed by atoms with van der Waals surface area (Å²) in [5.74, 6) is -1.15. The first-order valence-electron chi connectivity index (χ1n) is 7.26. The number of hydrogen-bond acceptors (Lipinski definition) is 5. The van der Waals surface area contributed by atoms with Crippen LogP contribution in [0.5, 0.6) is 0 Å². The minimum Gasteiger partial charge on any atom is -0.271 e. The zero-order chi connectivity index (χ0) is 18.3. The molecule has 0 spiro atoms. The number of sulfonamides is 1. The summed E-state index contributed by atoms with van der Waals surface area (Å²) in [6.07, 6.45) is 1.42. The molecule has 1 aromatic carbocycles. The summed E-state index contributed by atoms with van der Waals surface area (Å²) in [6, 6.07) is 11.1. The number of thiophene rings is 1. The highest BCUT2D eigenvalue weighted by atomic mass is 32.2. The van der Waals surface area contributed by atoms with Crippen LogP contribution in [0.4, 0.5) is 0 Å². The van der Waals surface area contributed by atoms with Gasteiger partial charge in [-0.25, -0.2) is 8.42 Å². The number of hydrazine groups is 1. The van der Waals surface area contributed by atoms with Gasteiger partial charge in [0.15, 0.2) is 0 Å². The van der Waals surface area contributed by atoms with Crippen LogP contribution in [0.25, 0.3) is 6.08 Å². The van der Waals surface area contributed by atoms with Gasteiger partial charge in [0.25, 0.3) is 11.8 Å². The summed E-state index contributed by atoms with van der Waals surface area (Å²) in [5, 5.41) is 2.71. The van der Waals surface area contributed by atoms with Crippen molar-refractivity contribution in [2.45, 2.75) is 13.0 Å². The molecule has 0 aliphatic rings. The van der Waals surface area contributed by atoms with E-state index in [1.54, 1.807) is 41.8 Å². The number of benzene rings is 1. The van der Waals surface area contributed by atoms with E-state index in [0.29, 0.717) is 10.4 Å². The highest BCUT2D eigenvalue weighted by Crippen LogP contribution is 2.07. The van der Waals surface area contributed by atoms with Crippen molar-refractivity contribution in [2.75, 3.05) is 0 Å². The third-order valence-electron chi connectivity index (χ3n) is 3.02. The van der Waals surface area contributed by atoms with Crippen LogP contribution in [-0.2, 0) is 14.8 Å². The topological polar surface area (TPSA) is 104 Å². The molecule has 2 rings (SSSR count). The number of nitrogens with one attached hydrogen (secondary N) is 3. The fourth-order valence-electron chi connectivity index (χ4n) is 1.77. The number of carbonyl (C=O) groups is 2. The van der Waals surface area contributed by atoms with Gasteiger partial charge >= 0.3 is 0 Å². The van der Waals surface area contributed by atoms with Gasteiger partial charge in [0, 0.05) is 5.41 Å². The lowest BCUT2D eigenvalue weighted by atomic mass is 10.2. The smallest absolute Gasteiger partial charge is 0.271 e. The van der Waals surface area contributed by atoms with Crippen LogP contribution in [0.3, 0.4) is 0 Å². The highest BCUT2D eigenvalue weighted by Gasteiger charge is 2.19. The molecular formula is C16H17N3O4S2. The van der Waals surface area contributed by atoms with Crippen LogP contribution in [0.1, 0.15) is 22.2 Å². The quantitative estimate of drug-likeness (QED) is 0.661. The van der Waals surface area contributed by atoms with Crippen LogP contribution in [0, 0.1) is 0 Å². The van der Waals surface area contributed by atoms with E-state index in [9.17, 15) is 18.0 Å². The van der Waals surface area contributed by atoms with Crippen LogP contribution >= 0.6 is 11.3 Å². The molecular weight excluding hydrogens is 362 g/mol. The third kappa shape index (κ3) is 6.14. The molecule has 1 unspecified atom stereocenters. The molecule has 9 heteroatoms. The van der Waals surface area contributed by atoms with E-state index in [0.717, 1.165) is 5.41 Å². The summed E-state index contributed by atoms with van der Waals surface area (Å²) in [4.78, 5) is 24.0. The van der Waals surface area contributed by atoms with Gasteiger partial charge in [-0.2, -0.15) is 4.72 Å². The van der Waals surface area contributed by atoms with Crippen molar-refractivity contribution in [1.29, 1.82) is 0 Å². The molecule has 25 heavy (non-hydrogen) atoms. The largest absolute Gasteiger partial charge is 0.279 e. The van der Waals surface area contributed by atoms with E-state index in [4.69, 9.17) is 0 Å². The summed E-state index contributed by atoms with van der Waals surface area (Å²) >= 11 is 1.22. The van der Waals surface area contributed by atoms with Gasteiger partial charge in [0.2, 0.25) is 10.0 Å². The minimum absolute atomic E-state index is 0.430. The predicted octanol–water partition coefficient (Wildman–Crippen LogP) is 1.49. The second kappa shape index (κ2) is 8.56. The maximum atomic E-state index is 12.0. The Bertz CT molecular complexity index is 847. The van der Waals surface area contributed by atoms with Gasteiger partial charge < -0.3 is 0 Å². The zero-order valence-corrected chi connectivity index (χ0v) is 14.9. The number of rotatable bonds is 6. The Morgan fingerprint density at radius 2 is 1.80 bits per heavy atom. The predicted molar refractivity (Wildman–Crippen MR) is 96.9 cm³/mol. The lowest BCUT2D eigenvalue weighted by Gasteiger charge is -2.13. The molecule has 0 radical (unpaired) electrons. The monoisotopic (exact) mass is 379 g/mol. The van der Waals surface area contributed by atoms with Crippen molar-refractivity contribution in [3.8, 4) is 0 Å². The summed E-state index contributed by atoms with van der Waals surface area (Å²) in [5.41, 5.74) is 5.13. The summed E-state index contributed by atoms with van der Waals surface area (Å²) < 4.78 is 26.2. The SMILES string of the molecule is CC(NS(=O)(=O)/C=C/c1ccccc1)C(=O)NNC(=O)c1cccs1. The van der Waals surface area contributed by atoms with Crippen LogP contribution < -0.4 is 15.6 Å². The molecule has 7 nitrogen and oxygen atoms in total. The molecule has 0 saturated heterocycles. The molecule has 1 heterocycles. The third-order valence-corrected chi connectivity index (χ3v) is 5.06. The van der Waals surface area contributed by atoms with Gasteiger partial charge in [-0.05, 0) is 30.0 Å². The van der Waals surface area contributed by atoms with Crippen molar-refractivity contribution in [3.63, 3.8) is 0 Å². The van der Waals surface area contributed by atoms with Gasteiger partial charge in [-0.1, -0.05) is 36.4 Å². The number of hydrogen-bond donors (Lipinski definition) is 3. The Hall–Kier alpha value is -2.49. The van der Waals surface area contributed by atoms with Crippen molar-refractivity contribution < 1.29 is 18.0 Å². The van der Waals surface area contributed by atoms with E-state index in [1.807, 2.05) is 6.07 Å². The summed E-state index contributed by atoms with van der Waals surface area (Å²) in [6.45, 7) is 1.38. The first-order valence-corrected chi connectivity index (χ1v) is 9.69. The van der Waals surface area contributed by atoms with Gasteiger partial charge in [-0.3, -0.25) is 20.4 Å². The minimum atomic E-state index is -3.81. The zero-order valence-electron chi connectivity index (χ0n) is 13.3. The first-order chi connectivity index (χ1) is 11.9. The fourth-order valence-corrected chi connectivity index (χ4v) is 3.40. The van der Waals surface area contributed by atoms with E-state index in [2.05, 4.69) is 15.6 Å². The molecule has 2 aromatic rings. The molecule has 0 bridgehead atoms. The molecule has 0 aliphatic heterocycles. The Balaban J connectivity index is 1.87. The molecule has 0 fully saturated rings. The Morgan fingerprint density at radius 1 is 1.08 bits per heavy atom. The van der Waals surface area contributed by atoms with E-state index in [1.165, 1.54) is 24.3 Å². The number of amides is 2. The average Bonchev–Trinajstić information content (AvgIpc) is 3.13. The van der Waals surface area contributed by atoms with Gasteiger partial charge in [-0.15, -0.1) is 11.3 Å². The van der Waals surface area contributed by atoms with E-state index >= 15 is 0 Å². The second-order valence-electron chi connectivity index (χ2n) is 5.02. The van der Waals surface area contributed by atoms with Crippen molar-refractivity contribution in [3.05, 3.63) is 63.7 Å². The number of carbonyl (C=O) groups excluding carboxylic acids is 2. The molecule has 3 N–H and O–H groups in total. The molecule has 0 saturated carbocycles. The lowest BCUT2D eigenvalue weighted by Crippen LogP contribution is -2.50.